The summed E-state index contributed by atoms with van der Waals surface area (Å²) in [6, 6.07) is 4.76. The van der Waals surface area contributed by atoms with Gasteiger partial charge in [0.2, 0.25) is 5.69 Å². The highest BCUT2D eigenvalue weighted by Gasteiger charge is 2.44. The van der Waals surface area contributed by atoms with Gasteiger partial charge in [-0.3, -0.25) is 0 Å². The van der Waals surface area contributed by atoms with Gasteiger partial charge in [-0.15, -0.1) is 0 Å². The summed E-state index contributed by atoms with van der Waals surface area (Å²) in [6.45, 7) is 14.7. The molecule has 0 N–H and O–H groups in total. The second-order valence-corrected chi connectivity index (χ2v) is 5.47. The van der Waals surface area contributed by atoms with E-state index in [1.807, 2.05) is 0 Å². The molecule has 0 fully saturated rings. The molecular weight excluding hydrogens is 206 g/mol. The zero-order chi connectivity index (χ0) is 12.8. The van der Waals surface area contributed by atoms with Crippen LogP contribution in [-0.4, -0.2) is 16.8 Å². The second-order valence-electron chi connectivity index (χ2n) is 5.47. The first-order chi connectivity index (χ1) is 7.95. The topological polar surface area (TPSA) is 3.01 Å². The number of fused-ring (bicyclic) bond motifs is 1. The van der Waals surface area contributed by atoms with E-state index in [0.717, 1.165) is 6.54 Å². The molecule has 1 aromatic rings. The average Bonchev–Trinajstić information content (AvgIpc) is 2.51. The third-order valence-corrected chi connectivity index (χ3v) is 4.72. The lowest BCUT2D eigenvalue weighted by molar-refractivity contribution is -0.434. The normalized spacial score (nSPS) is 23.2. The van der Waals surface area contributed by atoms with Crippen LogP contribution in [0.2, 0.25) is 0 Å². The van der Waals surface area contributed by atoms with Crippen molar-refractivity contribution in [2.45, 2.75) is 53.4 Å². The van der Waals surface area contributed by atoms with E-state index in [1.54, 1.807) is 0 Å². The molecule has 1 aromatic carbocycles. The van der Waals surface area contributed by atoms with E-state index in [-0.39, 0.29) is 5.41 Å². The molecule has 17 heavy (non-hydrogen) atoms. The number of benzene rings is 1. The Morgan fingerprint density at radius 2 is 1.65 bits per heavy atom. The minimum Gasteiger partial charge on any atom is -0.199 e. The maximum absolute atomic E-state index is 2.48. The van der Waals surface area contributed by atoms with Crippen LogP contribution in [0.5, 0.6) is 0 Å². The third kappa shape index (κ3) is 1.55. The fourth-order valence-corrected chi connectivity index (χ4v) is 2.99. The van der Waals surface area contributed by atoms with Crippen molar-refractivity contribution >= 4 is 11.4 Å². The highest BCUT2D eigenvalue weighted by Crippen LogP contribution is 2.42. The second kappa shape index (κ2) is 3.97. The van der Waals surface area contributed by atoms with Gasteiger partial charge in [0.1, 0.15) is 6.54 Å². The zero-order valence-electron chi connectivity index (χ0n) is 12.0. The molecule has 1 atom stereocenters. The van der Waals surface area contributed by atoms with E-state index >= 15 is 0 Å². The molecule has 0 bridgehead atoms. The highest BCUT2D eigenvalue weighted by molar-refractivity contribution is 5.93. The Balaban J connectivity index is 2.75. The van der Waals surface area contributed by atoms with Gasteiger partial charge in [0.15, 0.2) is 5.71 Å². The number of hydrogen-bond donors (Lipinski definition) is 0. The maximum Gasteiger partial charge on any atom is 0.209 e. The van der Waals surface area contributed by atoms with Crippen molar-refractivity contribution in [1.29, 1.82) is 0 Å². The lowest BCUT2D eigenvalue weighted by Gasteiger charge is -2.20. The fourth-order valence-electron chi connectivity index (χ4n) is 2.99. The molecule has 1 nitrogen and oxygen atoms in total. The highest BCUT2D eigenvalue weighted by atomic mass is 15.0. The summed E-state index contributed by atoms with van der Waals surface area (Å²) in [6.07, 6.45) is 1.17. The Kier molecular flexibility index (Phi) is 2.89. The van der Waals surface area contributed by atoms with Gasteiger partial charge >= 0.3 is 0 Å². The van der Waals surface area contributed by atoms with Gasteiger partial charge in [0.05, 0.1) is 5.41 Å². The quantitative estimate of drug-likeness (QED) is 0.673. The van der Waals surface area contributed by atoms with E-state index in [0.29, 0.717) is 0 Å². The molecule has 0 saturated heterocycles. The molecule has 2 rings (SSSR count). The molecule has 0 saturated carbocycles. The van der Waals surface area contributed by atoms with Crippen molar-refractivity contribution in [1.82, 2.24) is 0 Å². The van der Waals surface area contributed by atoms with Gasteiger partial charge in [0, 0.05) is 18.6 Å². The van der Waals surface area contributed by atoms with Gasteiger partial charge < -0.3 is 0 Å². The monoisotopic (exact) mass is 230 g/mol. The zero-order valence-corrected chi connectivity index (χ0v) is 12.0. The Morgan fingerprint density at radius 1 is 1.06 bits per heavy atom. The van der Waals surface area contributed by atoms with Crippen LogP contribution in [0.1, 0.15) is 50.8 Å². The summed E-state index contributed by atoms with van der Waals surface area (Å²) in [4.78, 5) is 0. The minimum absolute atomic E-state index is 0.226. The lowest BCUT2D eigenvalue weighted by Crippen LogP contribution is -2.29. The fraction of sp³-hybridized carbons (Fsp3) is 0.562. The summed E-state index contributed by atoms with van der Waals surface area (Å²) in [5.41, 5.74) is 7.48. The molecule has 1 unspecified atom stereocenters. The maximum atomic E-state index is 2.48. The predicted molar refractivity (Wildman–Crippen MR) is 74.7 cm³/mol. The van der Waals surface area contributed by atoms with Gasteiger partial charge in [-0.2, -0.15) is 4.58 Å². The van der Waals surface area contributed by atoms with Crippen molar-refractivity contribution in [2.75, 3.05) is 6.54 Å². The smallest absolute Gasteiger partial charge is 0.199 e. The summed E-state index contributed by atoms with van der Waals surface area (Å²) in [7, 11) is 0. The Bertz CT molecular complexity index is 496. The number of rotatable bonds is 2. The van der Waals surface area contributed by atoms with E-state index < -0.39 is 0 Å². The molecule has 0 aliphatic carbocycles. The first-order valence-corrected chi connectivity index (χ1v) is 6.69. The van der Waals surface area contributed by atoms with E-state index in [9.17, 15) is 0 Å². The summed E-state index contributed by atoms with van der Waals surface area (Å²) < 4.78 is 2.48. The van der Waals surface area contributed by atoms with E-state index in [1.165, 1.54) is 34.5 Å². The standard InChI is InChI=1S/C16H24N/c1-7-16(6)13(5)17(8-2)15-10-12(4)11(3)9-14(15)16/h9-10H,7-8H2,1-6H3/q+1. The van der Waals surface area contributed by atoms with Crippen LogP contribution in [0.25, 0.3) is 0 Å². The van der Waals surface area contributed by atoms with Crippen molar-refractivity contribution in [3.05, 3.63) is 28.8 Å². The molecule has 1 aliphatic rings. The van der Waals surface area contributed by atoms with Crippen LogP contribution >= 0.6 is 0 Å². The summed E-state index contributed by atoms with van der Waals surface area (Å²) >= 11 is 0. The van der Waals surface area contributed by atoms with Crippen molar-refractivity contribution in [3.63, 3.8) is 0 Å². The van der Waals surface area contributed by atoms with Crippen LogP contribution in [0.4, 0.5) is 5.69 Å². The van der Waals surface area contributed by atoms with Crippen molar-refractivity contribution in [3.8, 4) is 0 Å². The predicted octanol–water partition coefficient (Wildman–Crippen LogP) is 4.11. The third-order valence-electron chi connectivity index (χ3n) is 4.72. The van der Waals surface area contributed by atoms with Gasteiger partial charge in [-0.25, -0.2) is 0 Å². The van der Waals surface area contributed by atoms with E-state index in [4.69, 9.17) is 0 Å². The Hall–Kier alpha value is -1.11. The number of hydrogen-bond acceptors (Lipinski definition) is 0. The molecule has 0 radical (unpaired) electrons. The minimum atomic E-state index is 0.226. The molecule has 0 amide bonds. The first kappa shape index (κ1) is 12.3. The largest absolute Gasteiger partial charge is 0.209 e. The average molecular weight is 230 g/mol. The summed E-state index contributed by atoms with van der Waals surface area (Å²) in [5.74, 6) is 0. The Morgan fingerprint density at radius 3 is 2.18 bits per heavy atom. The number of nitrogens with zero attached hydrogens (tertiary/aromatic N) is 1. The van der Waals surface area contributed by atoms with E-state index in [2.05, 4.69) is 58.3 Å². The van der Waals surface area contributed by atoms with Gasteiger partial charge in [0.25, 0.3) is 0 Å². The first-order valence-electron chi connectivity index (χ1n) is 6.69. The molecule has 0 aromatic heterocycles. The SMILES string of the molecule is CC[N+]1=C(C)C(C)(CC)c2cc(C)c(C)cc21. The summed E-state index contributed by atoms with van der Waals surface area (Å²) in [5, 5.41) is 0. The molecule has 92 valence electrons. The van der Waals surface area contributed by atoms with Gasteiger partial charge in [-0.05, 0) is 51.3 Å². The van der Waals surface area contributed by atoms with Crippen LogP contribution in [0, 0.1) is 13.8 Å². The van der Waals surface area contributed by atoms with Crippen molar-refractivity contribution in [2.24, 2.45) is 0 Å². The number of aryl methyl sites for hydroxylation is 2. The van der Waals surface area contributed by atoms with Gasteiger partial charge in [-0.1, -0.05) is 6.92 Å². The lowest BCUT2D eigenvalue weighted by atomic mass is 9.77. The molecular formula is C16H24N+. The molecule has 1 heteroatoms. The molecule has 1 heterocycles. The van der Waals surface area contributed by atoms with Crippen LogP contribution in [0.3, 0.4) is 0 Å². The van der Waals surface area contributed by atoms with Crippen LogP contribution < -0.4 is 0 Å². The Labute approximate surface area is 105 Å². The molecule has 0 spiro atoms. The van der Waals surface area contributed by atoms with Crippen molar-refractivity contribution < 1.29 is 4.58 Å². The van der Waals surface area contributed by atoms with Crippen LogP contribution in [-0.2, 0) is 5.41 Å². The molecule has 1 aliphatic heterocycles. The van der Waals surface area contributed by atoms with Crippen LogP contribution in [0.15, 0.2) is 12.1 Å².